The van der Waals surface area contributed by atoms with E-state index in [1.54, 1.807) is 17.0 Å². The molecule has 1 aromatic carbocycles. The first-order valence-electron chi connectivity index (χ1n) is 9.24. The molecule has 2 fully saturated rings. The first kappa shape index (κ1) is 20.2. The molecule has 3 rings (SSSR count). The van der Waals surface area contributed by atoms with E-state index in [9.17, 15) is 18.0 Å². The Morgan fingerprint density at radius 3 is 2.54 bits per heavy atom. The van der Waals surface area contributed by atoms with Crippen LogP contribution < -0.4 is 20.3 Å². The number of rotatable bonds is 4. The summed E-state index contributed by atoms with van der Waals surface area (Å²) in [7, 11) is -1.42. The number of hydrogen-bond acceptors (Lipinski definition) is 6. The molecule has 0 saturated carbocycles. The zero-order chi connectivity index (χ0) is 20.3. The smallest absolute Gasteiger partial charge is 0.322 e. The van der Waals surface area contributed by atoms with E-state index in [4.69, 9.17) is 4.74 Å². The van der Waals surface area contributed by atoms with Crippen LogP contribution in [0.5, 0.6) is 5.75 Å². The standard InChI is InChI=1S/C18H26N4O5S/c1-13(23)19-14-5-6-22(12-14)18(24)20-16-4-3-15(11-17(16)27-2)21-7-9-28(25,26)10-8-21/h3-4,11,14H,5-10,12H2,1-2H3,(H,19,23)(H,20,24). The van der Waals surface area contributed by atoms with Gasteiger partial charge in [0.25, 0.3) is 0 Å². The van der Waals surface area contributed by atoms with Crippen molar-refractivity contribution in [2.24, 2.45) is 0 Å². The Bertz CT molecular complexity index is 844. The van der Waals surface area contributed by atoms with Crippen LogP contribution in [0.1, 0.15) is 13.3 Å². The number of likely N-dealkylation sites (tertiary alicyclic amines) is 1. The van der Waals surface area contributed by atoms with E-state index in [0.717, 1.165) is 12.1 Å². The molecule has 28 heavy (non-hydrogen) atoms. The number of anilines is 2. The summed E-state index contributed by atoms with van der Waals surface area (Å²) in [5.41, 5.74) is 1.40. The molecule has 0 bridgehead atoms. The van der Waals surface area contributed by atoms with Crippen molar-refractivity contribution in [1.29, 1.82) is 0 Å². The molecule has 0 radical (unpaired) electrons. The van der Waals surface area contributed by atoms with Crippen LogP contribution in [0, 0.1) is 0 Å². The monoisotopic (exact) mass is 410 g/mol. The molecular weight excluding hydrogens is 384 g/mol. The van der Waals surface area contributed by atoms with E-state index in [-0.39, 0.29) is 29.5 Å². The van der Waals surface area contributed by atoms with Crippen molar-refractivity contribution in [3.63, 3.8) is 0 Å². The summed E-state index contributed by atoms with van der Waals surface area (Å²) in [6.45, 7) is 3.38. The van der Waals surface area contributed by atoms with Crippen LogP contribution in [0.15, 0.2) is 18.2 Å². The molecule has 2 saturated heterocycles. The van der Waals surface area contributed by atoms with Crippen LogP contribution >= 0.6 is 0 Å². The van der Waals surface area contributed by atoms with Crippen molar-refractivity contribution in [2.45, 2.75) is 19.4 Å². The highest BCUT2D eigenvalue weighted by Crippen LogP contribution is 2.31. The number of methoxy groups -OCH3 is 1. The number of hydrogen-bond donors (Lipinski definition) is 2. The molecule has 2 aliphatic rings. The van der Waals surface area contributed by atoms with Crippen LogP contribution in [0.3, 0.4) is 0 Å². The molecule has 2 heterocycles. The van der Waals surface area contributed by atoms with E-state index in [1.807, 2.05) is 11.0 Å². The maximum Gasteiger partial charge on any atom is 0.322 e. The van der Waals surface area contributed by atoms with E-state index >= 15 is 0 Å². The minimum Gasteiger partial charge on any atom is -0.494 e. The Kier molecular flexibility index (Phi) is 5.97. The molecule has 2 aliphatic heterocycles. The normalized spacial score (nSPS) is 21.3. The summed E-state index contributed by atoms with van der Waals surface area (Å²) in [4.78, 5) is 27.4. The van der Waals surface area contributed by atoms with Crippen molar-refractivity contribution in [3.8, 4) is 5.75 Å². The molecule has 1 unspecified atom stereocenters. The third-order valence-electron chi connectivity index (χ3n) is 5.02. The molecule has 10 heteroatoms. The number of carbonyl (C=O) groups is 2. The molecule has 9 nitrogen and oxygen atoms in total. The van der Waals surface area contributed by atoms with Crippen molar-refractivity contribution in [2.75, 3.05) is 55.0 Å². The Labute approximate surface area is 164 Å². The maximum atomic E-state index is 12.5. The number of nitrogens with one attached hydrogen (secondary N) is 2. The Balaban J connectivity index is 1.64. The minimum absolute atomic E-state index is 0.0251. The molecule has 1 atom stereocenters. The largest absolute Gasteiger partial charge is 0.494 e. The van der Waals surface area contributed by atoms with Crippen molar-refractivity contribution >= 4 is 33.2 Å². The molecule has 3 amide bonds. The second kappa shape index (κ2) is 8.26. The van der Waals surface area contributed by atoms with Gasteiger partial charge in [0.05, 0.1) is 24.3 Å². The van der Waals surface area contributed by atoms with Crippen molar-refractivity contribution in [1.82, 2.24) is 10.2 Å². The van der Waals surface area contributed by atoms with E-state index < -0.39 is 9.84 Å². The molecular formula is C18H26N4O5S. The SMILES string of the molecule is COc1cc(N2CCS(=O)(=O)CC2)ccc1NC(=O)N1CCC(NC(C)=O)C1. The third kappa shape index (κ3) is 4.86. The molecule has 2 N–H and O–H groups in total. The number of urea groups is 1. The molecule has 0 aliphatic carbocycles. The number of benzene rings is 1. The average molecular weight is 410 g/mol. The molecule has 0 spiro atoms. The topological polar surface area (TPSA) is 108 Å². The number of ether oxygens (including phenoxy) is 1. The molecule has 1 aromatic rings. The van der Waals surface area contributed by atoms with Crippen LogP contribution in [0.25, 0.3) is 0 Å². The fourth-order valence-electron chi connectivity index (χ4n) is 3.49. The number of sulfone groups is 1. The lowest BCUT2D eigenvalue weighted by Gasteiger charge is -2.29. The molecule has 154 valence electrons. The summed E-state index contributed by atoms with van der Waals surface area (Å²) >= 11 is 0. The fraction of sp³-hybridized carbons (Fsp3) is 0.556. The summed E-state index contributed by atoms with van der Waals surface area (Å²) in [6, 6.07) is 5.14. The van der Waals surface area contributed by atoms with E-state index in [0.29, 0.717) is 37.6 Å². The number of carbonyl (C=O) groups excluding carboxylic acids is 2. The van der Waals surface area contributed by atoms with Crippen LogP contribution in [0.4, 0.5) is 16.2 Å². The number of amides is 3. The summed E-state index contributed by atoms with van der Waals surface area (Å²) in [5.74, 6) is 0.683. The summed E-state index contributed by atoms with van der Waals surface area (Å²) in [5, 5.41) is 5.68. The highest BCUT2D eigenvalue weighted by molar-refractivity contribution is 7.91. The lowest BCUT2D eigenvalue weighted by Crippen LogP contribution is -2.40. The van der Waals surface area contributed by atoms with Crippen LogP contribution in [-0.4, -0.2) is 76.1 Å². The van der Waals surface area contributed by atoms with Gasteiger partial charge in [-0.05, 0) is 18.6 Å². The lowest BCUT2D eigenvalue weighted by molar-refractivity contribution is -0.119. The Hall–Kier alpha value is -2.49. The van der Waals surface area contributed by atoms with E-state index in [2.05, 4.69) is 10.6 Å². The maximum absolute atomic E-state index is 12.5. The zero-order valence-corrected chi connectivity index (χ0v) is 16.9. The first-order valence-corrected chi connectivity index (χ1v) is 11.1. The highest BCUT2D eigenvalue weighted by Gasteiger charge is 2.27. The minimum atomic E-state index is -2.95. The van der Waals surface area contributed by atoms with Crippen molar-refractivity contribution in [3.05, 3.63) is 18.2 Å². The quantitative estimate of drug-likeness (QED) is 0.756. The van der Waals surface area contributed by atoms with Crippen LogP contribution in [0.2, 0.25) is 0 Å². The Morgan fingerprint density at radius 2 is 1.89 bits per heavy atom. The van der Waals surface area contributed by atoms with Gasteiger partial charge in [-0.3, -0.25) is 4.79 Å². The lowest BCUT2D eigenvalue weighted by atomic mass is 10.2. The highest BCUT2D eigenvalue weighted by atomic mass is 32.2. The zero-order valence-electron chi connectivity index (χ0n) is 16.1. The van der Waals surface area contributed by atoms with Crippen molar-refractivity contribution < 1.29 is 22.7 Å². The number of nitrogens with zero attached hydrogens (tertiary/aromatic N) is 2. The van der Waals surface area contributed by atoms with Gasteiger partial charge in [-0.25, -0.2) is 13.2 Å². The fourth-order valence-corrected chi connectivity index (χ4v) is 4.70. The third-order valence-corrected chi connectivity index (χ3v) is 6.63. The average Bonchev–Trinajstić information content (AvgIpc) is 3.10. The van der Waals surface area contributed by atoms with Gasteiger partial charge in [-0.15, -0.1) is 0 Å². The predicted molar refractivity (Wildman–Crippen MR) is 107 cm³/mol. The first-order chi connectivity index (χ1) is 13.3. The van der Waals surface area contributed by atoms with Gasteiger partial charge < -0.3 is 25.2 Å². The predicted octanol–water partition coefficient (Wildman–Crippen LogP) is 0.672. The van der Waals surface area contributed by atoms with Gasteiger partial charge in [0.2, 0.25) is 5.91 Å². The van der Waals surface area contributed by atoms with Gasteiger partial charge in [0.15, 0.2) is 9.84 Å². The van der Waals surface area contributed by atoms with Gasteiger partial charge in [-0.1, -0.05) is 0 Å². The summed E-state index contributed by atoms with van der Waals surface area (Å²) < 4.78 is 28.6. The van der Waals surface area contributed by atoms with Gasteiger partial charge in [-0.2, -0.15) is 0 Å². The van der Waals surface area contributed by atoms with E-state index in [1.165, 1.54) is 14.0 Å². The summed E-state index contributed by atoms with van der Waals surface area (Å²) in [6.07, 6.45) is 0.723. The Morgan fingerprint density at radius 1 is 1.18 bits per heavy atom. The van der Waals surface area contributed by atoms with Gasteiger partial charge in [0, 0.05) is 50.9 Å². The second-order valence-corrected chi connectivity index (χ2v) is 9.39. The van der Waals surface area contributed by atoms with Gasteiger partial charge >= 0.3 is 6.03 Å². The van der Waals surface area contributed by atoms with Gasteiger partial charge in [0.1, 0.15) is 5.75 Å². The van der Waals surface area contributed by atoms with Crippen LogP contribution in [-0.2, 0) is 14.6 Å². The second-order valence-electron chi connectivity index (χ2n) is 7.09. The molecule has 0 aromatic heterocycles.